The third-order valence-corrected chi connectivity index (χ3v) is 17.3. The van der Waals surface area contributed by atoms with Gasteiger partial charge in [0.25, 0.3) is 0 Å². The average molecular weight is 1560 g/mol. The number of unbranched alkanes of at least 4 members (excludes halogenated alkanes) is 48. The first-order chi connectivity index (χ1) is 51.7. The van der Waals surface area contributed by atoms with Crippen LogP contribution in [0.1, 0.15) is 466 Å². The number of ketones is 1. The Hall–Kier alpha value is -4.77. The van der Waals surface area contributed by atoms with Crippen LogP contribution in [0.3, 0.4) is 0 Å². The van der Waals surface area contributed by atoms with E-state index in [1.54, 1.807) is 0 Å². The van der Waals surface area contributed by atoms with Crippen molar-refractivity contribution in [3.63, 3.8) is 0 Å². The molecule has 3 atom stereocenters. The van der Waals surface area contributed by atoms with Crippen LogP contribution in [0.4, 0.5) is 0 Å². The van der Waals surface area contributed by atoms with Gasteiger partial charge >= 0.3 is 47.8 Å². The molecule has 0 saturated carbocycles. The largest absolute Gasteiger partial charge is 0.481 e. The fourth-order valence-corrected chi connectivity index (χ4v) is 10.5. The van der Waals surface area contributed by atoms with Gasteiger partial charge in [0.15, 0.2) is 5.78 Å². The summed E-state index contributed by atoms with van der Waals surface area (Å²) in [6, 6.07) is 0. The van der Waals surface area contributed by atoms with Gasteiger partial charge in [-0.25, -0.2) is 0 Å². The number of carbonyl (C=O) groups excluding carboxylic acids is 1. The molecule has 108 heavy (non-hydrogen) atoms. The lowest BCUT2D eigenvalue weighted by atomic mass is 10.1. The molecule has 22 nitrogen and oxygen atoms in total. The van der Waals surface area contributed by atoms with Crippen molar-refractivity contribution in [1.82, 2.24) is 0 Å². The Morgan fingerprint density at radius 3 is 0.398 bits per heavy atom. The number of aliphatic hydroxyl groups is 5. The minimum Gasteiger partial charge on any atom is -0.481 e. The van der Waals surface area contributed by atoms with E-state index in [9.17, 15) is 43.2 Å². The monoisotopic (exact) mass is 1560 g/mol. The lowest BCUT2D eigenvalue weighted by Crippen LogP contribution is -2.44. The molecule has 0 fully saturated rings. The molecule has 0 radical (unpaired) electrons. The van der Waals surface area contributed by atoms with Gasteiger partial charge < -0.3 is 66.4 Å². The minimum atomic E-state index is -1.86. The van der Waals surface area contributed by atoms with Gasteiger partial charge in [0.05, 0.1) is 6.61 Å². The quantitative estimate of drug-likeness (QED) is 0.0252. The maximum atomic E-state index is 10.5. The molecule has 0 heterocycles. The van der Waals surface area contributed by atoms with Gasteiger partial charge in [-0.3, -0.25) is 43.2 Å². The molecule has 0 rings (SSSR count). The van der Waals surface area contributed by atoms with Crippen molar-refractivity contribution in [3.05, 3.63) is 0 Å². The van der Waals surface area contributed by atoms with E-state index in [-0.39, 0.29) is 0 Å². The Morgan fingerprint density at radius 1 is 0.194 bits per heavy atom. The molecule has 0 aliphatic heterocycles. The van der Waals surface area contributed by atoms with Gasteiger partial charge in [-0.2, -0.15) is 0 Å². The van der Waals surface area contributed by atoms with E-state index in [4.69, 9.17) is 66.4 Å². The molecule has 648 valence electrons. The third-order valence-electron chi connectivity index (χ3n) is 17.3. The lowest BCUT2D eigenvalue weighted by molar-refractivity contribution is -0.143. The Morgan fingerprint density at radius 2 is 0.306 bits per heavy atom. The number of hydrogen-bond acceptors (Lipinski definition) is 14. The molecule has 22 heteroatoms. The summed E-state index contributed by atoms with van der Waals surface area (Å²) in [6.45, 7) is 15.9. The highest BCUT2D eigenvalue weighted by Crippen LogP contribution is 2.15. The van der Waals surface area contributed by atoms with Crippen molar-refractivity contribution in [2.75, 3.05) is 13.2 Å². The number of carbonyl (C=O) groups is 9. The van der Waals surface area contributed by atoms with Crippen LogP contribution in [-0.2, 0) is 43.2 Å². The van der Waals surface area contributed by atoms with Crippen LogP contribution in [0.5, 0.6) is 0 Å². The Bertz CT molecular complexity index is 1520. The van der Waals surface area contributed by atoms with Crippen LogP contribution in [0.15, 0.2) is 0 Å². The molecule has 13 N–H and O–H groups in total. The number of carboxylic acids is 8. The molecule has 0 amide bonds. The first-order valence-corrected chi connectivity index (χ1v) is 43.2. The number of aliphatic hydroxyl groups excluding tert-OH is 5. The summed E-state index contributed by atoms with van der Waals surface area (Å²) in [4.78, 5) is 91.6. The van der Waals surface area contributed by atoms with Gasteiger partial charge in [0.2, 0.25) is 0 Å². The van der Waals surface area contributed by atoms with Crippen molar-refractivity contribution in [2.24, 2.45) is 0 Å². The molecule has 0 saturated heterocycles. The van der Waals surface area contributed by atoms with Crippen LogP contribution < -0.4 is 0 Å². The Kier molecular flexibility index (Phi) is 125. The molecule has 0 aromatic heterocycles. The standard InChI is InChI=1S/8C10H20O2.C6H12O6/c8*1-2-3-4-5-6-7-8-9-10(11)12;7-1-3(9)5(11)6(12)4(10)2-8/h8*2-9H2,1H3,(H,11,12);3,5-9,11-12H,1-2H2/t;;;;;;;;3-,5+,6+/m........1/s1. The number of rotatable bonds is 69. The zero-order valence-corrected chi connectivity index (χ0v) is 70.4. The molecular weight excluding hydrogens is 1380 g/mol. The summed E-state index contributed by atoms with van der Waals surface area (Å²) in [5.74, 6) is -6.31. The smallest absolute Gasteiger partial charge is 0.303 e. The van der Waals surface area contributed by atoms with Crippen LogP contribution >= 0.6 is 0 Å². The highest BCUT2D eigenvalue weighted by atomic mass is 16.4. The summed E-state index contributed by atoms with van der Waals surface area (Å²) < 4.78 is 0. The van der Waals surface area contributed by atoms with Crippen LogP contribution in [0, 0.1) is 0 Å². The van der Waals surface area contributed by atoms with Gasteiger partial charge in [0, 0.05) is 51.4 Å². The van der Waals surface area contributed by atoms with Crippen molar-refractivity contribution < 1.29 is 110 Å². The summed E-state index contributed by atoms with van der Waals surface area (Å²) in [6.07, 6.45) is 63.9. The normalized spacial score (nSPS) is 11.0. The van der Waals surface area contributed by atoms with Crippen LogP contribution in [-0.4, -0.2) is 151 Å². The lowest BCUT2D eigenvalue weighted by Gasteiger charge is -2.19. The fourth-order valence-electron chi connectivity index (χ4n) is 10.5. The van der Waals surface area contributed by atoms with E-state index in [0.717, 1.165) is 103 Å². The van der Waals surface area contributed by atoms with Crippen LogP contribution in [0.25, 0.3) is 0 Å². The van der Waals surface area contributed by atoms with Gasteiger partial charge in [0.1, 0.15) is 24.9 Å². The highest BCUT2D eigenvalue weighted by molar-refractivity contribution is 5.84. The predicted molar refractivity (Wildman–Crippen MR) is 439 cm³/mol. The van der Waals surface area contributed by atoms with Crippen molar-refractivity contribution in [1.29, 1.82) is 0 Å². The molecule has 0 aliphatic carbocycles. The van der Waals surface area contributed by atoms with E-state index in [2.05, 4.69) is 55.4 Å². The number of Topliss-reactive ketones (excluding diaryl/α,β-unsaturated/α-hetero) is 1. The van der Waals surface area contributed by atoms with E-state index >= 15 is 0 Å². The Balaban J connectivity index is -0.000000146. The van der Waals surface area contributed by atoms with Gasteiger partial charge in [-0.15, -0.1) is 0 Å². The van der Waals surface area contributed by atoms with E-state index in [1.807, 2.05) is 0 Å². The number of carboxylic acid groups (broad SMARTS) is 8. The Labute approximate surface area is 658 Å². The number of hydrogen-bond donors (Lipinski definition) is 13. The highest BCUT2D eigenvalue weighted by Gasteiger charge is 2.29. The zero-order chi connectivity index (χ0) is 83.6. The van der Waals surface area contributed by atoms with Gasteiger partial charge in [-0.1, -0.05) is 364 Å². The fraction of sp³-hybridized carbons (Fsp3) is 0.895. The number of aliphatic carboxylic acids is 8. The molecule has 0 bridgehead atoms. The van der Waals surface area contributed by atoms with Crippen molar-refractivity contribution in [3.8, 4) is 0 Å². The second-order valence-corrected chi connectivity index (χ2v) is 28.4. The molecule has 0 aliphatic rings. The van der Waals surface area contributed by atoms with Gasteiger partial charge in [-0.05, 0) is 51.4 Å². The van der Waals surface area contributed by atoms with E-state index in [0.29, 0.717) is 51.4 Å². The van der Waals surface area contributed by atoms with Crippen molar-refractivity contribution >= 4 is 53.5 Å². The summed E-state index contributed by atoms with van der Waals surface area (Å²) in [7, 11) is 0. The zero-order valence-electron chi connectivity index (χ0n) is 70.4. The molecule has 0 aromatic rings. The third kappa shape index (κ3) is 147. The minimum absolute atomic E-state index is 0.341. The van der Waals surface area contributed by atoms with Crippen molar-refractivity contribution in [2.45, 2.75) is 485 Å². The van der Waals surface area contributed by atoms with Crippen LogP contribution in [0.2, 0.25) is 0 Å². The second-order valence-electron chi connectivity index (χ2n) is 28.4. The molecule has 0 aromatic carbocycles. The first kappa shape index (κ1) is 122. The molecule has 0 unspecified atom stereocenters. The maximum Gasteiger partial charge on any atom is 0.303 e. The summed E-state index contributed by atoms with van der Waals surface area (Å²) in [5, 5.41) is 110. The second kappa shape index (κ2) is 111. The summed E-state index contributed by atoms with van der Waals surface area (Å²) >= 11 is 0. The predicted octanol–water partition coefficient (Wildman–Crippen LogP) is 22.3. The maximum absolute atomic E-state index is 10.5. The SMILES string of the molecule is CCCCCCCCCC(=O)O.CCCCCCCCCC(=O)O.CCCCCCCCCC(=O)O.CCCCCCCCCC(=O)O.CCCCCCCCCC(=O)O.CCCCCCCCCC(=O)O.CCCCCCCCCC(=O)O.CCCCCCCCCC(=O)O.O=C(CO)[C@H](O)[C@@H](O)[C@H](O)CO. The van der Waals surface area contributed by atoms with E-state index < -0.39 is 85.1 Å². The summed E-state index contributed by atoms with van der Waals surface area (Å²) in [5.41, 5.74) is 0. The average Bonchev–Trinajstić information content (AvgIpc) is 0.909. The van der Waals surface area contributed by atoms with E-state index in [1.165, 1.54) is 257 Å². The molecular formula is C86H172O22. The topological polar surface area (TPSA) is 417 Å². The first-order valence-electron chi connectivity index (χ1n) is 43.2. The molecule has 0 spiro atoms.